The zero-order valence-corrected chi connectivity index (χ0v) is 91.0. The second-order valence-corrected chi connectivity index (χ2v) is 36.4. The third-order valence-electron chi connectivity index (χ3n) is 15.8. The number of benzene rings is 8. The first-order valence-electron chi connectivity index (χ1n) is 42.1. The predicted molar refractivity (Wildman–Crippen MR) is 514 cm³/mol. The fraction of sp³-hybridized carbons (Fsp3) is 0.340. The van der Waals surface area contributed by atoms with Crippen molar-refractivity contribution in [1.29, 1.82) is 52.6 Å². The molecule has 0 aliphatic heterocycles. The molecule has 0 aromatic heterocycles. The molecule has 10 rings (SSSR count). The summed E-state index contributed by atoms with van der Waals surface area (Å²) in [6, 6.07) is 108. The van der Waals surface area contributed by atoms with Crippen LogP contribution in [0.25, 0.3) is 0 Å². The summed E-state index contributed by atoms with van der Waals surface area (Å²) < 4.78 is 156. The quantitative estimate of drug-likeness (QED) is 0.0333. The minimum Gasteiger partial charge on any atom is -0.549 e. The smallest absolute Gasteiger partial charge is 0.549 e. The summed E-state index contributed by atoms with van der Waals surface area (Å²) in [7, 11) is -27.1. The Morgan fingerprint density at radius 3 is 0.350 bits per heavy atom. The van der Waals surface area contributed by atoms with Gasteiger partial charge in [0.1, 0.15) is 24.6 Å². The SMILES string of the molecule is CCC#N.CCC#N.CCC#N.CCC#N.CCC#N.CCC#N.CCC#N.CCC#N.CCC#N.CCC#N.F[B-](F)(F)F.F[B-](F)(F)F.F[B-](F)(F)F.F[B-](F)(F)F.O=C([O-])C1(C(=O)[O-])CCC1.O=C([O-])C1(C(=O)[O-])CCC1.[Mo+2].[Mo+2].[Mo+2].[Mo+2].c1ccc([PH+](CC[PH+](c2ccccc2)c2ccccc2)c2ccccc2)cc1.c1ccc([PH+](CC[PH+](c2ccccc2)c2ccccc2)c2ccccc2)cc1. The fourth-order valence-corrected chi connectivity index (χ4v) is 21.9. The van der Waals surface area contributed by atoms with E-state index in [9.17, 15) is 109 Å². The molecule has 46 heteroatoms. The molecule has 0 saturated heterocycles. The number of carbonyl (C=O) groups is 4. The van der Waals surface area contributed by atoms with E-state index >= 15 is 0 Å². The molecule has 8 aromatic carbocycles. The van der Waals surface area contributed by atoms with Crippen LogP contribution in [0.15, 0.2) is 243 Å². The van der Waals surface area contributed by atoms with E-state index < -0.39 is 95.4 Å². The summed E-state index contributed by atoms with van der Waals surface area (Å²) in [5.74, 6) is -6.06. The molecular weight excluding hydrogens is 2250 g/mol. The molecule has 2 aliphatic carbocycles. The van der Waals surface area contributed by atoms with Crippen LogP contribution in [0.5, 0.6) is 0 Å². The molecule has 0 bridgehead atoms. The minimum atomic E-state index is -6.00. The van der Waals surface area contributed by atoms with E-state index in [4.69, 9.17) is 52.6 Å². The molecule has 752 valence electrons. The summed E-state index contributed by atoms with van der Waals surface area (Å²) in [5, 5.41) is 129. The standard InChI is InChI=1S/2C26H24P2.2C6H8O4.10C3H5N.4BF4.4Mo/c2*1-5-13-23(14-6-1)27(24-15-7-2-8-16-24)21-22-28(25-17-9-3-10-18-25)26-19-11-4-12-20-26;2*7-4(8)6(5(9)10)2-1-3-6;10*1-2-3-4;4*2-1(3,4)5;;;;/h2*1-20H,21-22H2;2*1-3H2,(H,7,8)(H,9,10);10*2H2,1H3;;;;;;;;/q;;;;;;;;;;;;;;4*-1;4*+2. The van der Waals surface area contributed by atoms with Gasteiger partial charge < -0.3 is 109 Å². The Hall–Kier alpha value is -9.85. The number of halogens is 16. The van der Waals surface area contributed by atoms with Gasteiger partial charge in [0.15, 0.2) is 0 Å². The molecule has 0 amide bonds. The van der Waals surface area contributed by atoms with Crippen molar-refractivity contribution in [3.8, 4) is 60.7 Å². The van der Waals surface area contributed by atoms with Crippen LogP contribution in [0.1, 0.15) is 172 Å². The summed E-state index contributed by atoms with van der Waals surface area (Å²) in [4.78, 5) is 40.9. The van der Waals surface area contributed by atoms with Gasteiger partial charge in [0.2, 0.25) is 0 Å². The Morgan fingerprint density at radius 2 is 0.307 bits per heavy atom. The number of hydrogen-bond acceptors (Lipinski definition) is 18. The maximum atomic E-state index is 10.2. The zero-order valence-electron chi connectivity index (χ0n) is 79.0. The van der Waals surface area contributed by atoms with Gasteiger partial charge >= 0.3 is 113 Å². The Bertz CT molecular complexity index is 3950. The number of hydrogen-bond donors (Lipinski definition) is 0. The van der Waals surface area contributed by atoms with Gasteiger partial charge in [0, 0.05) is 75.0 Å². The van der Waals surface area contributed by atoms with Crippen LogP contribution in [-0.4, -0.2) is 77.5 Å². The molecular formula is C94H114B4F16Mo4N10O8P4+4. The van der Waals surface area contributed by atoms with E-state index in [2.05, 4.69) is 243 Å². The zero-order chi connectivity index (χ0) is 106. The van der Waals surface area contributed by atoms with E-state index in [0.29, 0.717) is 77.0 Å². The molecule has 18 nitrogen and oxygen atoms in total. The van der Waals surface area contributed by atoms with Crippen molar-refractivity contribution in [3.05, 3.63) is 243 Å². The second kappa shape index (κ2) is 102. The van der Waals surface area contributed by atoms with Crippen LogP contribution in [0.2, 0.25) is 0 Å². The largest absolute Gasteiger partial charge is 2.00 e. The average Bonchev–Trinajstić information content (AvgIpc) is 0.788. The van der Waals surface area contributed by atoms with E-state index in [-0.39, 0.29) is 110 Å². The van der Waals surface area contributed by atoms with Crippen molar-refractivity contribution in [3.63, 3.8) is 0 Å². The molecule has 2 aliphatic rings. The summed E-state index contributed by atoms with van der Waals surface area (Å²) in [6.45, 7) is 18.2. The van der Waals surface area contributed by atoms with Crippen LogP contribution in [-0.2, 0) is 103 Å². The topological polar surface area (TPSA) is 398 Å². The number of rotatable bonds is 18. The monoisotopic (exact) mass is 2370 g/mol. The number of carbonyl (C=O) groups excluding carboxylic acids is 4. The number of carboxylic acid groups (broad SMARTS) is 4. The summed E-state index contributed by atoms with van der Waals surface area (Å²) in [6.07, 6.45) is 13.1. The van der Waals surface area contributed by atoms with Crippen molar-refractivity contribution < 1.29 is 193 Å². The van der Waals surface area contributed by atoms with Gasteiger partial charge in [0.25, 0.3) is 0 Å². The van der Waals surface area contributed by atoms with Gasteiger partial charge in [-0.15, -0.1) is 0 Å². The van der Waals surface area contributed by atoms with Gasteiger partial charge in [-0.05, 0) is 123 Å². The average molecular weight is 2370 g/mol. The minimum absolute atomic E-state index is 0. The van der Waals surface area contributed by atoms with Crippen molar-refractivity contribution in [2.45, 2.75) is 172 Å². The van der Waals surface area contributed by atoms with Gasteiger partial charge in [-0.2, -0.15) is 52.6 Å². The van der Waals surface area contributed by atoms with Crippen LogP contribution < -0.4 is 62.9 Å². The van der Waals surface area contributed by atoms with Crippen molar-refractivity contribution >= 4 is 127 Å². The Labute approximate surface area is 876 Å². The first-order valence-corrected chi connectivity index (χ1v) is 48.9. The fourth-order valence-electron chi connectivity index (χ4n) is 9.48. The van der Waals surface area contributed by atoms with E-state index in [1.54, 1.807) is 0 Å². The van der Waals surface area contributed by atoms with Crippen LogP contribution in [0, 0.1) is 124 Å². The first kappa shape index (κ1) is 156. The van der Waals surface area contributed by atoms with Gasteiger partial charge in [-0.3, -0.25) is 0 Å². The molecule has 0 atom stereocenters. The second-order valence-electron chi connectivity index (χ2n) is 26.0. The predicted octanol–water partition coefficient (Wildman–Crippen LogP) is 19.1. The Morgan fingerprint density at radius 1 is 0.229 bits per heavy atom. The van der Waals surface area contributed by atoms with Gasteiger partial charge in [-0.25, -0.2) is 0 Å². The number of nitrogens with zero attached hydrogens (tertiary/aromatic N) is 10. The van der Waals surface area contributed by atoms with Crippen LogP contribution in [0.3, 0.4) is 0 Å². The third kappa shape index (κ3) is 97.0. The van der Waals surface area contributed by atoms with Gasteiger partial charge in [0.05, 0.1) is 159 Å². The van der Waals surface area contributed by atoms with E-state index in [1.165, 1.54) is 67.1 Å². The summed E-state index contributed by atoms with van der Waals surface area (Å²) in [5.41, 5.74) is -3.33. The molecule has 0 spiro atoms. The number of carboxylic acids is 4. The molecule has 8 aromatic rings. The molecule has 0 radical (unpaired) electrons. The molecule has 0 N–H and O–H groups in total. The maximum Gasteiger partial charge on any atom is 2.00 e. The Kier molecular flexibility index (Phi) is 113. The Balaban J connectivity index is -0.000000134. The molecule has 0 heterocycles. The molecule has 2 fully saturated rings. The molecule has 0 unspecified atom stereocenters. The first-order chi connectivity index (χ1) is 64.2. The van der Waals surface area contributed by atoms with Gasteiger partial charge in [-0.1, -0.05) is 228 Å². The third-order valence-corrected chi connectivity index (χ3v) is 28.0. The van der Waals surface area contributed by atoms with E-state index in [1.807, 2.05) is 130 Å². The van der Waals surface area contributed by atoms with Crippen molar-refractivity contribution in [1.82, 2.24) is 0 Å². The van der Waals surface area contributed by atoms with E-state index in [0.717, 1.165) is 0 Å². The number of aliphatic carboxylic acids is 4. The normalized spacial score (nSPS) is 10.6. The van der Waals surface area contributed by atoms with Crippen molar-refractivity contribution in [2.75, 3.05) is 24.6 Å². The molecule has 140 heavy (non-hydrogen) atoms. The van der Waals surface area contributed by atoms with Crippen LogP contribution >= 0.6 is 31.7 Å². The molecule has 2 saturated carbocycles. The maximum absolute atomic E-state index is 10.2. The summed E-state index contributed by atoms with van der Waals surface area (Å²) >= 11 is 0. The van der Waals surface area contributed by atoms with Crippen molar-refractivity contribution in [2.24, 2.45) is 10.8 Å². The number of nitriles is 10. The van der Waals surface area contributed by atoms with Crippen LogP contribution in [0.4, 0.5) is 69.1 Å².